The Morgan fingerprint density at radius 1 is 1.21 bits per heavy atom. The monoisotopic (exact) mass is 429 g/mol. The fraction of sp³-hybridized carbons (Fsp3) is 0.190. The normalized spacial score (nSPS) is 10.7. The molecule has 1 aromatic heterocycles. The summed E-state index contributed by atoms with van der Waals surface area (Å²) in [6.45, 7) is 3.60. The molecule has 0 spiro atoms. The van der Waals surface area contributed by atoms with E-state index in [4.69, 9.17) is 11.6 Å². The molecule has 0 radical (unpaired) electrons. The zero-order valence-corrected chi connectivity index (χ0v) is 17.5. The standard InChI is InChI=1S/C21H20ClN3O3S/c1-3-15-19(27)24-21(25(20(15)28)14-8-5-4-6-9-14)29-12-18(26)23-17-11-7-10-16(22)13(17)2/h4-11,27H,3,12H2,1-2H3,(H,23,26). The Morgan fingerprint density at radius 2 is 1.93 bits per heavy atom. The van der Waals surface area contributed by atoms with Gasteiger partial charge in [0.1, 0.15) is 0 Å². The molecule has 150 valence electrons. The van der Waals surface area contributed by atoms with Crippen LogP contribution in [0.15, 0.2) is 58.5 Å². The third kappa shape index (κ3) is 4.63. The smallest absolute Gasteiger partial charge is 0.265 e. The van der Waals surface area contributed by atoms with E-state index in [1.165, 1.54) is 4.57 Å². The number of aromatic hydroxyl groups is 1. The number of aromatic nitrogens is 2. The highest BCUT2D eigenvalue weighted by atomic mass is 35.5. The van der Waals surface area contributed by atoms with Crippen molar-refractivity contribution in [3.63, 3.8) is 0 Å². The van der Waals surface area contributed by atoms with E-state index in [0.717, 1.165) is 17.3 Å². The van der Waals surface area contributed by atoms with E-state index < -0.39 is 0 Å². The van der Waals surface area contributed by atoms with E-state index >= 15 is 0 Å². The SMILES string of the molecule is CCc1c(O)nc(SCC(=O)Nc2cccc(Cl)c2C)n(-c2ccccc2)c1=O. The Labute approximate surface area is 177 Å². The number of para-hydroxylation sites is 1. The number of thioether (sulfide) groups is 1. The van der Waals surface area contributed by atoms with E-state index in [0.29, 0.717) is 22.8 Å². The van der Waals surface area contributed by atoms with Crippen molar-refractivity contribution in [2.75, 3.05) is 11.1 Å². The van der Waals surface area contributed by atoms with Crippen LogP contribution in [0.3, 0.4) is 0 Å². The summed E-state index contributed by atoms with van der Waals surface area (Å²) in [5, 5.41) is 13.8. The molecule has 1 amide bonds. The number of anilines is 1. The minimum Gasteiger partial charge on any atom is -0.493 e. The maximum absolute atomic E-state index is 12.9. The fourth-order valence-corrected chi connectivity index (χ4v) is 3.77. The Balaban J connectivity index is 1.88. The second-order valence-corrected chi connectivity index (χ2v) is 7.63. The van der Waals surface area contributed by atoms with Crippen molar-refractivity contribution in [2.45, 2.75) is 25.4 Å². The molecule has 0 saturated heterocycles. The lowest BCUT2D eigenvalue weighted by Gasteiger charge is -2.14. The van der Waals surface area contributed by atoms with Crippen molar-refractivity contribution in [2.24, 2.45) is 0 Å². The van der Waals surface area contributed by atoms with Gasteiger partial charge in [-0.1, -0.05) is 54.6 Å². The molecular weight excluding hydrogens is 410 g/mol. The Morgan fingerprint density at radius 3 is 2.62 bits per heavy atom. The van der Waals surface area contributed by atoms with Gasteiger partial charge in [0, 0.05) is 10.7 Å². The summed E-state index contributed by atoms with van der Waals surface area (Å²) >= 11 is 7.16. The highest BCUT2D eigenvalue weighted by Crippen LogP contribution is 2.25. The van der Waals surface area contributed by atoms with Gasteiger partial charge in [-0.25, -0.2) is 0 Å². The van der Waals surface area contributed by atoms with Gasteiger partial charge in [-0.05, 0) is 43.2 Å². The first kappa shape index (κ1) is 21.0. The predicted octanol–water partition coefficient (Wildman–Crippen LogP) is 4.19. The third-order valence-corrected chi connectivity index (χ3v) is 5.71. The summed E-state index contributed by atoms with van der Waals surface area (Å²) in [6.07, 6.45) is 0.351. The van der Waals surface area contributed by atoms with Crippen LogP contribution in [0.1, 0.15) is 18.1 Å². The second kappa shape index (κ2) is 9.15. The van der Waals surface area contributed by atoms with Crippen LogP contribution >= 0.6 is 23.4 Å². The van der Waals surface area contributed by atoms with Crippen molar-refractivity contribution in [1.29, 1.82) is 0 Å². The zero-order chi connectivity index (χ0) is 21.0. The first-order chi connectivity index (χ1) is 13.9. The van der Waals surface area contributed by atoms with E-state index in [9.17, 15) is 14.7 Å². The van der Waals surface area contributed by atoms with Gasteiger partial charge in [-0.3, -0.25) is 14.2 Å². The van der Waals surface area contributed by atoms with Crippen molar-refractivity contribution < 1.29 is 9.90 Å². The van der Waals surface area contributed by atoms with Gasteiger partial charge in [0.05, 0.1) is 17.0 Å². The van der Waals surface area contributed by atoms with Crippen molar-refractivity contribution in [1.82, 2.24) is 9.55 Å². The predicted molar refractivity (Wildman–Crippen MR) is 116 cm³/mol. The zero-order valence-electron chi connectivity index (χ0n) is 16.0. The van der Waals surface area contributed by atoms with E-state index in [-0.39, 0.29) is 33.8 Å². The van der Waals surface area contributed by atoms with Crippen molar-refractivity contribution >= 4 is 35.0 Å². The maximum atomic E-state index is 12.9. The van der Waals surface area contributed by atoms with Gasteiger partial charge in [0.15, 0.2) is 5.16 Å². The van der Waals surface area contributed by atoms with Gasteiger partial charge in [-0.15, -0.1) is 0 Å². The average molecular weight is 430 g/mol. The molecular formula is C21H20ClN3O3S. The molecule has 0 unspecified atom stereocenters. The van der Waals surface area contributed by atoms with E-state index in [1.54, 1.807) is 37.3 Å². The molecule has 8 heteroatoms. The number of amides is 1. The van der Waals surface area contributed by atoms with Crippen molar-refractivity contribution in [3.05, 3.63) is 75.0 Å². The molecule has 1 heterocycles. The number of nitrogens with zero attached hydrogens (tertiary/aromatic N) is 2. The molecule has 3 rings (SSSR count). The summed E-state index contributed by atoms with van der Waals surface area (Å²) in [5.74, 6) is -0.567. The number of carbonyl (C=O) groups is 1. The van der Waals surface area contributed by atoms with Gasteiger partial charge in [0.2, 0.25) is 11.8 Å². The van der Waals surface area contributed by atoms with Gasteiger partial charge in [-0.2, -0.15) is 4.98 Å². The third-order valence-electron chi connectivity index (χ3n) is 4.37. The number of hydrogen-bond donors (Lipinski definition) is 2. The van der Waals surface area contributed by atoms with Crippen LogP contribution in [-0.2, 0) is 11.2 Å². The minimum absolute atomic E-state index is 0.0101. The summed E-state index contributed by atoms with van der Waals surface area (Å²) in [6, 6.07) is 14.3. The number of hydrogen-bond acceptors (Lipinski definition) is 5. The summed E-state index contributed by atoms with van der Waals surface area (Å²) in [5.41, 5.74) is 1.91. The van der Waals surface area contributed by atoms with E-state index in [2.05, 4.69) is 10.3 Å². The van der Waals surface area contributed by atoms with Crippen LogP contribution in [0.25, 0.3) is 5.69 Å². The lowest BCUT2D eigenvalue weighted by molar-refractivity contribution is -0.113. The van der Waals surface area contributed by atoms with Gasteiger partial charge in [0.25, 0.3) is 5.56 Å². The first-order valence-corrected chi connectivity index (χ1v) is 10.4. The lowest BCUT2D eigenvalue weighted by atomic mass is 10.2. The molecule has 0 aliphatic rings. The van der Waals surface area contributed by atoms with Crippen LogP contribution in [-0.4, -0.2) is 26.3 Å². The average Bonchev–Trinajstić information content (AvgIpc) is 2.70. The van der Waals surface area contributed by atoms with Crippen molar-refractivity contribution in [3.8, 4) is 11.6 Å². The molecule has 2 N–H and O–H groups in total. The molecule has 29 heavy (non-hydrogen) atoms. The fourth-order valence-electron chi connectivity index (χ4n) is 2.80. The number of benzene rings is 2. The Hall–Kier alpha value is -2.77. The molecule has 3 aromatic rings. The van der Waals surface area contributed by atoms with E-state index in [1.807, 2.05) is 25.1 Å². The maximum Gasteiger partial charge on any atom is 0.265 e. The highest BCUT2D eigenvalue weighted by molar-refractivity contribution is 7.99. The number of halogens is 1. The van der Waals surface area contributed by atoms with Crippen LogP contribution in [0.5, 0.6) is 5.88 Å². The van der Waals surface area contributed by atoms with Crippen LogP contribution in [0, 0.1) is 6.92 Å². The molecule has 0 aliphatic carbocycles. The lowest BCUT2D eigenvalue weighted by Crippen LogP contribution is -2.25. The molecule has 0 saturated carbocycles. The highest BCUT2D eigenvalue weighted by Gasteiger charge is 2.18. The molecule has 6 nitrogen and oxygen atoms in total. The molecule has 0 aliphatic heterocycles. The molecule has 0 atom stereocenters. The van der Waals surface area contributed by atoms with Crippen LogP contribution in [0.2, 0.25) is 5.02 Å². The minimum atomic E-state index is -0.347. The molecule has 2 aromatic carbocycles. The molecule has 0 bridgehead atoms. The number of nitrogens with one attached hydrogen (secondary N) is 1. The number of rotatable bonds is 6. The summed E-state index contributed by atoms with van der Waals surface area (Å²) in [7, 11) is 0. The molecule has 0 fully saturated rings. The Bertz CT molecular complexity index is 1100. The second-order valence-electron chi connectivity index (χ2n) is 6.28. The summed E-state index contributed by atoms with van der Waals surface area (Å²) in [4.78, 5) is 29.5. The topological polar surface area (TPSA) is 84.2 Å². The van der Waals surface area contributed by atoms with Crippen LogP contribution < -0.4 is 10.9 Å². The van der Waals surface area contributed by atoms with Gasteiger partial charge < -0.3 is 10.4 Å². The quantitative estimate of drug-likeness (QED) is 0.453. The largest absolute Gasteiger partial charge is 0.493 e. The first-order valence-electron chi connectivity index (χ1n) is 9.00. The number of carbonyl (C=O) groups excluding carboxylic acids is 1. The summed E-state index contributed by atoms with van der Waals surface area (Å²) < 4.78 is 1.42. The van der Waals surface area contributed by atoms with Crippen LogP contribution in [0.4, 0.5) is 5.69 Å². The Kier molecular flexibility index (Phi) is 6.61. The van der Waals surface area contributed by atoms with Gasteiger partial charge >= 0.3 is 0 Å².